The van der Waals surface area contributed by atoms with E-state index in [0.717, 1.165) is 32.1 Å². The van der Waals surface area contributed by atoms with E-state index < -0.39 is 17.9 Å². The van der Waals surface area contributed by atoms with Crippen LogP contribution < -0.4 is 5.32 Å². The van der Waals surface area contributed by atoms with Crippen LogP contribution >= 0.6 is 0 Å². The molecule has 1 fully saturated rings. The van der Waals surface area contributed by atoms with Gasteiger partial charge in [-0.05, 0) is 12.8 Å². The lowest BCUT2D eigenvalue weighted by Gasteiger charge is -2.13. The van der Waals surface area contributed by atoms with E-state index in [0.29, 0.717) is 18.2 Å². The molecule has 0 atom stereocenters. The summed E-state index contributed by atoms with van der Waals surface area (Å²) in [6, 6.07) is 0. The number of hydrogen-bond donors (Lipinski definition) is 1. The predicted molar refractivity (Wildman–Crippen MR) is 117 cm³/mol. The molecule has 0 spiro atoms. The third kappa shape index (κ3) is 14.5. The summed E-state index contributed by atoms with van der Waals surface area (Å²) in [6.45, 7) is 2.49. The fourth-order valence-electron chi connectivity index (χ4n) is 3.53. The molecule has 178 valence electrons. The number of hydrogen-bond acceptors (Lipinski definition) is 6. The smallest absolute Gasteiger partial charge is 0.432 e. The Hall–Kier alpha value is -2.12. The third-order valence-corrected chi connectivity index (χ3v) is 5.33. The summed E-state index contributed by atoms with van der Waals surface area (Å²) in [5, 5.41) is 3.14. The molecular formula is C23H40N2O6. The SMILES string of the molecule is CC(=O)OCCCCCCCCCCCCCCCCNC(=O)ON1C(=O)CCC1=O. The van der Waals surface area contributed by atoms with Crippen molar-refractivity contribution in [2.45, 2.75) is 110 Å². The third-order valence-electron chi connectivity index (χ3n) is 5.33. The van der Waals surface area contributed by atoms with Crippen molar-refractivity contribution in [1.29, 1.82) is 0 Å². The topological polar surface area (TPSA) is 102 Å². The first kappa shape index (κ1) is 26.9. The average molecular weight is 441 g/mol. The second kappa shape index (κ2) is 17.5. The molecule has 0 bridgehead atoms. The van der Waals surface area contributed by atoms with Crippen LogP contribution in [0.4, 0.5) is 4.79 Å². The van der Waals surface area contributed by atoms with Crippen molar-refractivity contribution in [3.63, 3.8) is 0 Å². The van der Waals surface area contributed by atoms with Gasteiger partial charge < -0.3 is 14.9 Å². The summed E-state index contributed by atoms with van der Waals surface area (Å²) in [5.74, 6) is -1.12. The summed E-state index contributed by atoms with van der Waals surface area (Å²) in [6.07, 6.45) is 16.1. The van der Waals surface area contributed by atoms with Gasteiger partial charge in [0.05, 0.1) is 6.61 Å². The molecule has 0 aliphatic carbocycles. The van der Waals surface area contributed by atoms with Crippen LogP contribution in [0.3, 0.4) is 0 Å². The van der Waals surface area contributed by atoms with Crippen LogP contribution in [-0.4, -0.2) is 42.1 Å². The minimum Gasteiger partial charge on any atom is -0.466 e. The van der Waals surface area contributed by atoms with Crippen LogP contribution in [0, 0.1) is 0 Å². The Bertz CT molecular complexity index is 536. The minimum absolute atomic E-state index is 0.104. The molecule has 1 heterocycles. The fraction of sp³-hybridized carbons (Fsp3) is 0.826. The molecule has 1 saturated heterocycles. The van der Waals surface area contributed by atoms with E-state index in [4.69, 9.17) is 9.57 Å². The van der Waals surface area contributed by atoms with E-state index in [2.05, 4.69) is 5.32 Å². The quantitative estimate of drug-likeness (QED) is 0.187. The molecule has 8 nitrogen and oxygen atoms in total. The summed E-state index contributed by atoms with van der Waals surface area (Å²) in [4.78, 5) is 49.7. The lowest BCUT2D eigenvalue weighted by molar-refractivity contribution is -0.171. The summed E-state index contributed by atoms with van der Waals surface area (Å²) >= 11 is 0. The van der Waals surface area contributed by atoms with Crippen molar-refractivity contribution in [3.05, 3.63) is 0 Å². The number of unbranched alkanes of at least 4 members (excludes halogenated alkanes) is 13. The Morgan fingerprint density at radius 2 is 1.16 bits per heavy atom. The molecule has 0 unspecified atom stereocenters. The van der Waals surface area contributed by atoms with Crippen molar-refractivity contribution >= 4 is 23.9 Å². The zero-order chi connectivity index (χ0) is 22.7. The van der Waals surface area contributed by atoms with Crippen molar-refractivity contribution in [3.8, 4) is 0 Å². The number of rotatable bonds is 18. The Morgan fingerprint density at radius 1 is 0.742 bits per heavy atom. The normalized spacial score (nSPS) is 13.5. The van der Waals surface area contributed by atoms with E-state index in [1.54, 1.807) is 0 Å². The van der Waals surface area contributed by atoms with Crippen LogP contribution in [-0.2, 0) is 24.0 Å². The zero-order valence-corrected chi connectivity index (χ0v) is 19.1. The maximum absolute atomic E-state index is 11.6. The first-order valence-electron chi connectivity index (χ1n) is 12.0. The van der Waals surface area contributed by atoms with E-state index in [1.165, 1.54) is 64.7 Å². The van der Waals surface area contributed by atoms with E-state index in [-0.39, 0.29) is 18.8 Å². The number of ether oxygens (including phenoxy) is 1. The number of nitrogens with zero attached hydrogens (tertiary/aromatic N) is 1. The van der Waals surface area contributed by atoms with Crippen LogP contribution in [0.2, 0.25) is 0 Å². The van der Waals surface area contributed by atoms with Gasteiger partial charge in [0, 0.05) is 26.3 Å². The van der Waals surface area contributed by atoms with Gasteiger partial charge in [-0.3, -0.25) is 14.4 Å². The molecule has 0 aromatic rings. The first-order chi connectivity index (χ1) is 15.0. The largest absolute Gasteiger partial charge is 0.466 e. The highest BCUT2D eigenvalue weighted by Crippen LogP contribution is 2.13. The van der Waals surface area contributed by atoms with Gasteiger partial charge in [-0.2, -0.15) is 0 Å². The van der Waals surface area contributed by atoms with E-state index in [1.807, 2.05) is 0 Å². The Morgan fingerprint density at radius 3 is 1.61 bits per heavy atom. The van der Waals surface area contributed by atoms with Crippen LogP contribution in [0.1, 0.15) is 110 Å². The minimum atomic E-state index is -0.745. The van der Waals surface area contributed by atoms with Crippen molar-refractivity contribution in [2.24, 2.45) is 0 Å². The average Bonchev–Trinajstić information content (AvgIpc) is 3.04. The van der Waals surface area contributed by atoms with Crippen LogP contribution in [0.25, 0.3) is 0 Å². The van der Waals surface area contributed by atoms with Gasteiger partial charge in [-0.15, -0.1) is 5.06 Å². The molecule has 1 aliphatic rings. The number of hydroxylamine groups is 2. The van der Waals surface area contributed by atoms with Gasteiger partial charge in [0.25, 0.3) is 11.8 Å². The molecule has 0 aromatic carbocycles. The van der Waals surface area contributed by atoms with Crippen LogP contribution in [0.15, 0.2) is 0 Å². The molecule has 0 radical (unpaired) electrons. The molecule has 31 heavy (non-hydrogen) atoms. The van der Waals surface area contributed by atoms with Gasteiger partial charge in [0.2, 0.25) is 0 Å². The standard InChI is InChI=1S/C23H40N2O6/c1-20(26)30-19-15-13-11-9-7-5-3-2-4-6-8-10-12-14-18-24-23(29)31-25-21(27)16-17-22(25)28/h2-19H2,1H3,(H,24,29). The fourth-order valence-corrected chi connectivity index (χ4v) is 3.53. The first-order valence-corrected chi connectivity index (χ1v) is 12.0. The van der Waals surface area contributed by atoms with Gasteiger partial charge >= 0.3 is 12.1 Å². The molecule has 0 aromatic heterocycles. The predicted octanol–water partition coefficient (Wildman–Crippen LogP) is 4.80. The summed E-state index contributed by atoms with van der Waals surface area (Å²) in [7, 11) is 0. The number of imide groups is 1. The highest BCUT2D eigenvalue weighted by molar-refractivity contribution is 6.01. The van der Waals surface area contributed by atoms with Crippen molar-refractivity contribution < 1.29 is 28.8 Å². The molecular weight excluding hydrogens is 400 g/mol. The second-order valence-electron chi connectivity index (χ2n) is 8.18. The number of amides is 3. The number of carbonyl (C=O) groups is 4. The maximum atomic E-state index is 11.6. The highest BCUT2D eigenvalue weighted by atomic mass is 16.7. The monoisotopic (exact) mass is 440 g/mol. The molecule has 0 saturated carbocycles. The maximum Gasteiger partial charge on any atom is 0.432 e. The summed E-state index contributed by atoms with van der Waals surface area (Å²) < 4.78 is 4.92. The van der Waals surface area contributed by atoms with Gasteiger partial charge in [0.1, 0.15) is 0 Å². The van der Waals surface area contributed by atoms with Crippen LogP contribution in [0.5, 0.6) is 0 Å². The van der Waals surface area contributed by atoms with Gasteiger partial charge in [-0.1, -0.05) is 77.0 Å². The lowest BCUT2D eigenvalue weighted by Crippen LogP contribution is -2.37. The zero-order valence-electron chi connectivity index (χ0n) is 19.1. The molecule has 1 rings (SSSR count). The Labute approximate surface area is 186 Å². The number of carbonyl (C=O) groups excluding carboxylic acids is 4. The molecule has 1 aliphatic heterocycles. The Kier molecular flexibility index (Phi) is 15.2. The van der Waals surface area contributed by atoms with Gasteiger partial charge in [-0.25, -0.2) is 4.79 Å². The second-order valence-corrected chi connectivity index (χ2v) is 8.18. The molecule has 1 N–H and O–H groups in total. The molecule has 8 heteroatoms. The number of nitrogens with one attached hydrogen (secondary N) is 1. The number of esters is 1. The molecule has 3 amide bonds. The van der Waals surface area contributed by atoms with Crippen molar-refractivity contribution in [1.82, 2.24) is 10.4 Å². The van der Waals surface area contributed by atoms with Gasteiger partial charge in [0.15, 0.2) is 0 Å². The van der Waals surface area contributed by atoms with E-state index in [9.17, 15) is 19.2 Å². The summed E-state index contributed by atoms with van der Waals surface area (Å²) in [5.41, 5.74) is 0. The van der Waals surface area contributed by atoms with E-state index >= 15 is 0 Å². The van der Waals surface area contributed by atoms with Crippen molar-refractivity contribution in [2.75, 3.05) is 13.2 Å². The highest BCUT2D eigenvalue weighted by Gasteiger charge is 2.32. The lowest BCUT2D eigenvalue weighted by atomic mass is 10.0. The Balaban J connectivity index is 1.76.